The van der Waals surface area contributed by atoms with Gasteiger partial charge in [-0.3, -0.25) is 0 Å². The van der Waals surface area contributed by atoms with Crippen LogP contribution in [0.1, 0.15) is 43.1 Å². The Morgan fingerprint density at radius 2 is 2.00 bits per heavy atom. The predicted octanol–water partition coefficient (Wildman–Crippen LogP) is 2.71. The molecule has 0 fully saturated rings. The Labute approximate surface area is 98.5 Å². The van der Waals surface area contributed by atoms with Crippen molar-refractivity contribution >= 4 is 0 Å². The van der Waals surface area contributed by atoms with Crippen molar-refractivity contribution in [2.75, 3.05) is 6.54 Å². The SMILES string of the molecule is CCC(C)(CN)C(O)c1ccc(C)cc1C. The molecular weight excluding hydrogens is 198 g/mol. The van der Waals surface area contributed by atoms with E-state index >= 15 is 0 Å². The van der Waals surface area contributed by atoms with E-state index in [1.54, 1.807) is 0 Å². The van der Waals surface area contributed by atoms with Crippen LogP contribution in [0.4, 0.5) is 0 Å². The van der Waals surface area contributed by atoms with E-state index in [9.17, 15) is 5.11 Å². The molecule has 90 valence electrons. The van der Waals surface area contributed by atoms with Gasteiger partial charge >= 0.3 is 0 Å². The molecule has 0 heterocycles. The highest BCUT2D eigenvalue weighted by atomic mass is 16.3. The Balaban J connectivity index is 3.08. The van der Waals surface area contributed by atoms with Gasteiger partial charge in [0.1, 0.15) is 0 Å². The zero-order valence-corrected chi connectivity index (χ0v) is 10.7. The number of aliphatic hydroxyl groups excluding tert-OH is 1. The third kappa shape index (κ3) is 2.45. The average molecular weight is 221 g/mol. The summed E-state index contributed by atoms with van der Waals surface area (Å²) in [4.78, 5) is 0. The standard InChI is InChI=1S/C14H23NO/c1-5-14(4,9-15)13(16)12-7-6-10(2)8-11(12)3/h6-8,13,16H,5,9,15H2,1-4H3. The van der Waals surface area contributed by atoms with E-state index in [4.69, 9.17) is 5.73 Å². The molecule has 1 rings (SSSR count). The number of hydrogen-bond donors (Lipinski definition) is 2. The summed E-state index contributed by atoms with van der Waals surface area (Å²) >= 11 is 0. The van der Waals surface area contributed by atoms with E-state index < -0.39 is 6.10 Å². The normalized spacial score (nSPS) is 16.9. The molecule has 0 aliphatic carbocycles. The first-order valence-electron chi connectivity index (χ1n) is 5.90. The highest BCUT2D eigenvalue weighted by Crippen LogP contribution is 2.37. The first-order valence-corrected chi connectivity index (χ1v) is 5.90. The second-order valence-corrected chi connectivity index (χ2v) is 4.97. The van der Waals surface area contributed by atoms with Crippen LogP contribution in [0.5, 0.6) is 0 Å². The Bertz CT molecular complexity index is 356. The van der Waals surface area contributed by atoms with Crippen LogP contribution in [0.2, 0.25) is 0 Å². The van der Waals surface area contributed by atoms with Crippen molar-refractivity contribution in [3.05, 3.63) is 34.9 Å². The summed E-state index contributed by atoms with van der Waals surface area (Å²) < 4.78 is 0. The summed E-state index contributed by atoms with van der Waals surface area (Å²) in [5, 5.41) is 10.4. The lowest BCUT2D eigenvalue weighted by atomic mass is 9.77. The van der Waals surface area contributed by atoms with Gasteiger partial charge in [0, 0.05) is 12.0 Å². The Morgan fingerprint density at radius 1 is 1.38 bits per heavy atom. The first kappa shape index (κ1) is 13.2. The van der Waals surface area contributed by atoms with E-state index in [2.05, 4.69) is 19.9 Å². The summed E-state index contributed by atoms with van der Waals surface area (Å²) in [5.41, 5.74) is 8.90. The van der Waals surface area contributed by atoms with Crippen molar-refractivity contribution in [2.24, 2.45) is 11.1 Å². The lowest BCUT2D eigenvalue weighted by molar-refractivity contribution is 0.0387. The van der Waals surface area contributed by atoms with E-state index in [0.717, 1.165) is 17.5 Å². The van der Waals surface area contributed by atoms with Crippen LogP contribution in [-0.4, -0.2) is 11.7 Å². The molecule has 0 bridgehead atoms. The van der Waals surface area contributed by atoms with Gasteiger partial charge in [-0.05, 0) is 31.4 Å². The molecule has 0 aliphatic rings. The molecular formula is C14H23NO. The maximum absolute atomic E-state index is 10.4. The summed E-state index contributed by atoms with van der Waals surface area (Å²) in [7, 11) is 0. The van der Waals surface area contributed by atoms with Crippen LogP contribution in [0, 0.1) is 19.3 Å². The summed E-state index contributed by atoms with van der Waals surface area (Å²) in [5.74, 6) is 0. The van der Waals surface area contributed by atoms with Gasteiger partial charge in [-0.25, -0.2) is 0 Å². The largest absolute Gasteiger partial charge is 0.388 e. The zero-order valence-electron chi connectivity index (χ0n) is 10.7. The van der Waals surface area contributed by atoms with Gasteiger partial charge in [0.2, 0.25) is 0 Å². The smallest absolute Gasteiger partial charge is 0.0858 e. The van der Waals surface area contributed by atoms with Crippen LogP contribution in [0.25, 0.3) is 0 Å². The Hall–Kier alpha value is -0.860. The Kier molecular flexibility index (Phi) is 4.11. The monoisotopic (exact) mass is 221 g/mol. The molecule has 0 aromatic heterocycles. The number of aliphatic hydroxyl groups is 1. The molecule has 16 heavy (non-hydrogen) atoms. The van der Waals surface area contributed by atoms with Gasteiger partial charge in [0.25, 0.3) is 0 Å². The fourth-order valence-corrected chi connectivity index (χ4v) is 1.96. The number of nitrogens with two attached hydrogens (primary N) is 1. The average Bonchev–Trinajstić information content (AvgIpc) is 2.27. The Morgan fingerprint density at radius 3 is 2.44 bits per heavy atom. The maximum Gasteiger partial charge on any atom is 0.0858 e. The highest BCUT2D eigenvalue weighted by Gasteiger charge is 2.31. The zero-order chi connectivity index (χ0) is 12.3. The molecule has 0 radical (unpaired) electrons. The summed E-state index contributed by atoms with van der Waals surface area (Å²) in [6, 6.07) is 6.15. The summed E-state index contributed by atoms with van der Waals surface area (Å²) in [6.45, 7) is 8.71. The summed E-state index contributed by atoms with van der Waals surface area (Å²) in [6.07, 6.45) is 0.390. The molecule has 0 saturated heterocycles. The molecule has 2 unspecified atom stereocenters. The minimum Gasteiger partial charge on any atom is -0.388 e. The molecule has 2 atom stereocenters. The second kappa shape index (κ2) is 4.98. The fourth-order valence-electron chi connectivity index (χ4n) is 1.96. The molecule has 2 heteroatoms. The predicted molar refractivity (Wildman–Crippen MR) is 68.3 cm³/mol. The molecule has 2 nitrogen and oxygen atoms in total. The minimum atomic E-state index is -0.483. The molecule has 0 spiro atoms. The minimum absolute atomic E-state index is 0.236. The molecule has 0 aliphatic heterocycles. The lowest BCUT2D eigenvalue weighted by Gasteiger charge is -2.33. The van der Waals surface area contributed by atoms with E-state index in [1.165, 1.54) is 5.56 Å². The van der Waals surface area contributed by atoms with Crippen molar-refractivity contribution in [3.63, 3.8) is 0 Å². The van der Waals surface area contributed by atoms with Crippen LogP contribution < -0.4 is 5.73 Å². The number of aryl methyl sites for hydroxylation is 2. The quantitative estimate of drug-likeness (QED) is 0.821. The van der Waals surface area contributed by atoms with Crippen molar-refractivity contribution in [1.29, 1.82) is 0 Å². The second-order valence-electron chi connectivity index (χ2n) is 4.97. The number of hydrogen-bond acceptors (Lipinski definition) is 2. The third-order valence-electron chi connectivity index (χ3n) is 3.65. The fraction of sp³-hybridized carbons (Fsp3) is 0.571. The molecule has 3 N–H and O–H groups in total. The van der Waals surface area contributed by atoms with Crippen molar-refractivity contribution < 1.29 is 5.11 Å². The molecule has 0 saturated carbocycles. The van der Waals surface area contributed by atoms with Crippen LogP contribution in [0.3, 0.4) is 0 Å². The number of benzene rings is 1. The van der Waals surface area contributed by atoms with Crippen LogP contribution in [0.15, 0.2) is 18.2 Å². The van der Waals surface area contributed by atoms with Gasteiger partial charge in [0.15, 0.2) is 0 Å². The lowest BCUT2D eigenvalue weighted by Crippen LogP contribution is -2.33. The van der Waals surface area contributed by atoms with Crippen molar-refractivity contribution in [3.8, 4) is 0 Å². The van der Waals surface area contributed by atoms with Gasteiger partial charge in [-0.2, -0.15) is 0 Å². The van der Waals surface area contributed by atoms with Crippen LogP contribution >= 0.6 is 0 Å². The van der Waals surface area contributed by atoms with E-state index in [1.807, 2.05) is 26.0 Å². The van der Waals surface area contributed by atoms with Gasteiger partial charge in [-0.1, -0.05) is 37.6 Å². The van der Waals surface area contributed by atoms with Gasteiger partial charge < -0.3 is 10.8 Å². The third-order valence-corrected chi connectivity index (χ3v) is 3.65. The van der Waals surface area contributed by atoms with Gasteiger partial charge in [-0.15, -0.1) is 0 Å². The molecule has 1 aromatic carbocycles. The molecule has 0 amide bonds. The van der Waals surface area contributed by atoms with Gasteiger partial charge in [0.05, 0.1) is 6.10 Å². The van der Waals surface area contributed by atoms with Crippen molar-refractivity contribution in [1.82, 2.24) is 0 Å². The van der Waals surface area contributed by atoms with E-state index in [-0.39, 0.29) is 5.41 Å². The molecule has 1 aromatic rings. The first-order chi connectivity index (χ1) is 7.44. The van der Waals surface area contributed by atoms with Crippen molar-refractivity contribution in [2.45, 2.75) is 40.2 Å². The number of rotatable bonds is 4. The van der Waals surface area contributed by atoms with Crippen LogP contribution in [-0.2, 0) is 0 Å². The highest BCUT2D eigenvalue weighted by molar-refractivity contribution is 5.33. The topological polar surface area (TPSA) is 46.2 Å². The van der Waals surface area contributed by atoms with E-state index in [0.29, 0.717) is 6.54 Å². The maximum atomic E-state index is 10.4.